The number of carbonyl (C=O) groups excluding carboxylic acids is 1. The lowest BCUT2D eigenvalue weighted by Gasteiger charge is -2.31. The Morgan fingerprint density at radius 3 is 2.85 bits per heavy atom. The van der Waals surface area contributed by atoms with E-state index in [2.05, 4.69) is 45.3 Å². The topological polar surface area (TPSA) is 73.8 Å². The number of carbonyl (C=O) groups is 1. The lowest BCUT2D eigenvalue weighted by molar-refractivity contribution is 0.0934. The van der Waals surface area contributed by atoms with Gasteiger partial charge in [-0.05, 0) is 38.0 Å². The van der Waals surface area contributed by atoms with E-state index in [4.69, 9.17) is 4.74 Å². The summed E-state index contributed by atoms with van der Waals surface area (Å²) >= 11 is 5.08. The molecule has 0 spiro atoms. The molecule has 27 heavy (non-hydrogen) atoms. The van der Waals surface area contributed by atoms with Gasteiger partial charge in [0.25, 0.3) is 5.91 Å². The summed E-state index contributed by atoms with van der Waals surface area (Å²) in [7, 11) is 1.50. The predicted octanol–water partition coefficient (Wildman–Crippen LogP) is 3.85. The maximum Gasteiger partial charge on any atom is 0.256 e. The number of hydrogen-bond acceptors (Lipinski definition) is 6. The van der Waals surface area contributed by atoms with Gasteiger partial charge in [-0.1, -0.05) is 15.9 Å². The molecule has 2 aliphatic heterocycles. The third-order valence-electron chi connectivity index (χ3n) is 5.19. The smallest absolute Gasteiger partial charge is 0.256 e. The van der Waals surface area contributed by atoms with Gasteiger partial charge < -0.3 is 20.5 Å². The third kappa shape index (κ3) is 3.19. The number of halogens is 1. The largest absolute Gasteiger partial charge is 0.504 e. The zero-order chi connectivity index (χ0) is 19.3. The second-order valence-electron chi connectivity index (χ2n) is 7.12. The second kappa shape index (κ2) is 7.00. The Bertz CT molecular complexity index is 912. The third-order valence-corrected chi connectivity index (χ3v) is 6.80. The van der Waals surface area contributed by atoms with Gasteiger partial charge in [-0.2, -0.15) is 0 Å². The highest BCUT2D eigenvalue weighted by molar-refractivity contribution is 9.10. The highest BCUT2D eigenvalue weighted by atomic mass is 79.9. The van der Waals surface area contributed by atoms with Crippen LogP contribution in [0.1, 0.15) is 46.4 Å². The molecule has 8 heteroatoms. The van der Waals surface area contributed by atoms with Gasteiger partial charge in [-0.3, -0.25) is 9.69 Å². The fourth-order valence-corrected chi connectivity index (χ4v) is 5.46. The zero-order valence-electron chi connectivity index (χ0n) is 15.4. The number of anilines is 1. The molecular weight excluding hydrogens is 430 g/mol. The normalized spacial score (nSPS) is 19.3. The number of benzene rings is 1. The highest BCUT2D eigenvalue weighted by Crippen LogP contribution is 2.43. The molecule has 0 aliphatic carbocycles. The fourth-order valence-electron chi connectivity index (χ4n) is 3.70. The Balaban J connectivity index is 1.69. The first kappa shape index (κ1) is 18.6. The van der Waals surface area contributed by atoms with Crippen LogP contribution >= 0.6 is 27.3 Å². The Hall–Kier alpha value is -1.77. The van der Waals surface area contributed by atoms with Crippen LogP contribution in [0.3, 0.4) is 0 Å². The van der Waals surface area contributed by atoms with Gasteiger partial charge in [-0.25, -0.2) is 0 Å². The molecule has 0 saturated heterocycles. The van der Waals surface area contributed by atoms with Gasteiger partial charge in [0.05, 0.1) is 12.7 Å². The lowest BCUT2D eigenvalue weighted by atomic mass is 9.99. The highest BCUT2D eigenvalue weighted by Gasteiger charge is 2.34. The van der Waals surface area contributed by atoms with Crippen LogP contribution in [-0.4, -0.2) is 35.6 Å². The number of aromatic hydroxyl groups is 1. The zero-order valence-corrected chi connectivity index (χ0v) is 17.8. The van der Waals surface area contributed by atoms with Crippen molar-refractivity contribution in [2.24, 2.45) is 0 Å². The van der Waals surface area contributed by atoms with E-state index in [9.17, 15) is 9.90 Å². The van der Waals surface area contributed by atoms with Crippen molar-refractivity contribution >= 4 is 38.2 Å². The van der Waals surface area contributed by atoms with Crippen LogP contribution in [0.4, 0.5) is 5.00 Å². The van der Waals surface area contributed by atoms with Crippen LogP contribution in [0.5, 0.6) is 11.5 Å². The van der Waals surface area contributed by atoms with E-state index in [0.29, 0.717) is 17.4 Å². The Labute approximate surface area is 170 Å². The molecule has 1 aromatic heterocycles. The molecule has 3 N–H and O–H groups in total. The molecule has 2 aromatic rings. The molecular formula is C19H22BrN3O3S. The van der Waals surface area contributed by atoms with Gasteiger partial charge in [0.2, 0.25) is 0 Å². The number of nitrogens with zero attached hydrogens (tertiary/aromatic N) is 1. The standard InChI is InChI=1S/C19H22BrN3O3S/c1-9(2)23-5-4-11-14(8-23)27-19-15(11)18(25)21-17(22-19)12-6-10(20)7-13(26-3)16(12)24/h6-7,9,17,22,24H,4-5,8H2,1-3H3,(H,21,25)/t17-/m0/s1. The molecule has 3 heterocycles. The predicted molar refractivity (Wildman–Crippen MR) is 110 cm³/mol. The number of hydrogen-bond donors (Lipinski definition) is 3. The van der Waals surface area contributed by atoms with Crippen molar-refractivity contribution in [2.45, 2.75) is 39.0 Å². The maximum absolute atomic E-state index is 12.9. The first-order valence-corrected chi connectivity index (χ1v) is 10.5. The lowest BCUT2D eigenvalue weighted by Crippen LogP contribution is -2.39. The number of methoxy groups -OCH3 is 1. The molecule has 0 bridgehead atoms. The minimum atomic E-state index is -0.516. The number of fused-ring (bicyclic) bond motifs is 3. The second-order valence-corrected chi connectivity index (χ2v) is 9.14. The molecule has 144 valence electrons. The number of phenolic OH excluding ortho intramolecular Hbond substituents is 1. The van der Waals surface area contributed by atoms with E-state index in [0.717, 1.165) is 40.1 Å². The Kier molecular flexibility index (Phi) is 4.82. The van der Waals surface area contributed by atoms with E-state index in [-0.39, 0.29) is 11.7 Å². The van der Waals surface area contributed by atoms with E-state index < -0.39 is 6.17 Å². The van der Waals surface area contributed by atoms with Gasteiger partial charge in [0.15, 0.2) is 11.5 Å². The van der Waals surface area contributed by atoms with Crippen LogP contribution in [-0.2, 0) is 13.0 Å². The molecule has 0 fully saturated rings. The number of ether oxygens (including phenoxy) is 1. The number of thiophene rings is 1. The van der Waals surface area contributed by atoms with Gasteiger partial charge >= 0.3 is 0 Å². The summed E-state index contributed by atoms with van der Waals surface area (Å²) in [5.41, 5.74) is 2.48. The minimum absolute atomic E-state index is 0.0225. The number of nitrogens with one attached hydrogen (secondary N) is 2. The molecule has 1 amide bonds. The average molecular weight is 452 g/mol. The monoisotopic (exact) mass is 451 g/mol. The summed E-state index contributed by atoms with van der Waals surface area (Å²) in [5, 5.41) is 17.8. The molecule has 0 saturated carbocycles. The summed E-state index contributed by atoms with van der Waals surface area (Å²) in [6, 6.07) is 3.96. The van der Waals surface area contributed by atoms with Crippen LogP contribution in [0, 0.1) is 0 Å². The average Bonchev–Trinajstić information content (AvgIpc) is 3.01. The summed E-state index contributed by atoms with van der Waals surface area (Å²) in [5.74, 6) is 0.288. The molecule has 6 nitrogen and oxygen atoms in total. The van der Waals surface area contributed by atoms with E-state index in [1.54, 1.807) is 23.5 Å². The number of phenols is 1. The first-order valence-electron chi connectivity index (χ1n) is 8.91. The Morgan fingerprint density at radius 1 is 1.37 bits per heavy atom. The van der Waals surface area contributed by atoms with Crippen molar-refractivity contribution in [1.82, 2.24) is 10.2 Å². The number of rotatable bonds is 3. The summed E-state index contributed by atoms with van der Waals surface area (Å²) in [6.45, 7) is 6.24. The van der Waals surface area contributed by atoms with E-state index in [1.807, 2.05) is 0 Å². The van der Waals surface area contributed by atoms with Gasteiger partial charge in [0, 0.05) is 34.0 Å². The van der Waals surface area contributed by atoms with Crippen molar-refractivity contribution < 1.29 is 14.6 Å². The summed E-state index contributed by atoms with van der Waals surface area (Å²) in [6.07, 6.45) is 0.368. The van der Waals surface area contributed by atoms with Crippen molar-refractivity contribution in [1.29, 1.82) is 0 Å². The van der Waals surface area contributed by atoms with Gasteiger partial charge in [-0.15, -0.1) is 11.3 Å². The van der Waals surface area contributed by atoms with Gasteiger partial charge in [0.1, 0.15) is 11.2 Å². The Morgan fingerprint density at radius 2 is 2.15 bits per heavy atom. The molecule has 0 radical (unpaired) electrons. The van der Waals surface area contributed by atoms with Crippen molar-refractivity contribution in [3.8, 4) is 11.5 Å². The van der Waals surface area contributed by atoms with E-state index >= 15 is 0 Å². The maximum atomic E-state index is 12.9. The fraction of sp³-hybridized carbons (Fsp3) is 0.421. The molecule has 4 rings (SSSR count). The van der Waals surface area contributed by atoms with Crippen molar-refractivity contribution in [2.75, 3.05) is 19.0 Å². The van der Waals surface area contributed by atoms with Crippen LogP contribution in [0.25, 0.3) is 0 Å². The summed E-state index contributed by atoms with van der Waals surface area (Å²) in [4.78, 5) is 16.6. The molecule has 2 aliphatic rings. The number of amides is 1. The molecule has 1 atom stereocenters. The summed E-state index contributed by atoms with van der Waals surface area (Å²) < 4.78 is 6.00. The minimum Gasteiger partial charge on any atom is -0.504 e. The first-order chi connectivity index (χ1) is 12.9. The SMILES string of the molecule is COc1cc(Br)cc([C@H]2NC(=O)c3c(sc4c3CCN(C(C)C)C4)N2)c1O. The van der Waals surface area contributed by atoms with Crippen LogP contribution < -0.4 is 15.4 Å². The van der Waals surface area contributed by atoms with Crippen molar-refractivity contribution in [3.05, 3.63) is 38.2 Å². The molecule has 0 unspecified atom stereocenters. The van der Waals surface area contributed by atoms with Crippen LogP contribution in [0.2, 0.25) is 0 Å². The van der Waals surface area contributed by atoms with Crippen LogP contribution in [0.15, 0.2) is 16.6 Å². The quantitative estimate of drug-likeness (QED) is 0.660. The molecule has 1 aromatic carbocycles. The van der Waals surface area contributed by atoms with E-state index in [1.165, 1.54) is 12.0 Å². The van der Waals surface area contributed by atoms with Crippen molar-refractivity contribution in [3.63, 3.8) is 0 Å².